The Hall–Kier alpha value is 0.180. The van der Waals surface area contributed by atoms with Crippen LogP contribution in [0.5, 0.6) is 0 Å². The third-order valence-corrected chi connectivity index (χ3v) is 5.57. The molecular weight excluding hydrogens is 196 g/mol. The van der Waals surface area contributed by atoms with Gasteiger partial charge in [-0.05, 0) is 29.7 Å². The van der Waals surface area contributed by atoms with Crippen LogP contribution in [0.3, 0.4) is 0 Å². The summed E-state index contributed by atoms with van der Waals surface area (Å²) in [6, 6.07) is 0. The molecule has 2 heteroatoms. The zero-order valence-electron chi connectivity index (χ0n) is 7.87. The largest absolute Gasteiger partial charge is 0.0987 e. The van der Waals surface area contributed by atoms with Crippen LogP contribution in [0.25, 0.3) is 0 Å². The smallest absolute Gasteiger partial charge is 0.0437 e. The molecule has 1 aliphatic carbocycles. The van der Waals surface area contributed by atoms with E-state index in [1.165, 1.54) is 37.7 Å². The molecule has 1 atom stereocenters. The Morgan fingerprint density at radius 2 is 2.08 bits per heavy atom. The summed E-state index contributed by atoms with van der Waals surface area (Å²) in [6.07, 6.45) is 9.25. The Balaban J connectivity index is 1.99. The molecule has 1 aliphatic heterocycles. The maximum Gasteiger partial charge on any atom is 0.0437 e. The fourth-order valence-corrected chi connectivity index (χ4v) is 5.20. The van der Waals surface area contributed by atoms with E-state index in [-0.39, 0.29) is 0 Å². The molecule has 0 spiro atoms. The van der Waals surface area contributed by atoms with Crippen molar-refractivity contribution in [1.82, 2.24) is 0 Å². The van der Waals surface area contributed by atoms with E-state index in [1.54, 1.807) is 0 Å². The van der Waals surface area contributed by atoms with Crippen LogP contribution in [-0.2, 0) is 0 Å². The molecule has 1 unspecified atom stereocenters. The van der Waals surface area contributed by atoms with E-state index >= 15 is 0 Å². The van der Waals surface area contributed by atoms with Gasteiger partial charge in [0.25, 0.3) is 0 Å². The van der Waals surface area contributed by atoms with Crippen molar-refractivity contribution in [2.75, 3.05) is 0 Å². The number of hydrogen-bond acceptors (Lipinski definition) is 2. The van der Waals surface area contributed by atoms with E-state index in [2.05, 4.69) is 12.0 Å². The van der Waals surface area contributed by atoms with Crippen LogP contribution in [0.4, 0.5) is 0 Å². The first kappa shape index (κ1) is 9.72. The van der Waals surface area contributed by atoms with Crippen LogP contribution in [0.2, 0.25) is 0 Å². The quantitative estimate of drug-likeness (QED) is 0.622. The van der Waals surface area contributed by atoms with Crippen LogP contribution >= 0.6 is 21.6 Å². The summed E-state index contributed by atoms with van der Waals surface area (Å²) >= 11 is 0. The monoisotopic (exact) mass is 212 g/mol. The predicted octanol–water partition coefficient (Wildman–Crippen LogP) is 4.40. The summed E-state index contributed by atoms with van der Waals surface area (Å²) in [4.78, 5) is 0. The van der Waals surface area contributed by atoms with E-state index in [0.717, 1.165) is 11.2 Å². The summed E-state index contributed by atoms with van der Waals surface area (Å²) in [5, 5.41) is 3.03. The van der Waals surface area contributed by atoms with Crippen molar-refractivity contribution in [3.05, 3.63) is 23.6 Å². The van der Waals surface area contributed by atoms with Crippen molar-refractivity contribution < 1.29 is 0 Å². The van der Waals surface area contributed by atoms with Crippen molar-refractivity contribution >= 4 is 21.6 Å². The van der Waals surface area contributed by atoms with Gasteiger partial charge in [-0.1, -0.05) is 53.5 Å². The highest BCUT2D eigenvalue weighted by molar-refractivity contribution is 8.78. The summed E-state index contributed by atoms with van der Waals surface area (Å²) in [5.41, 5.74) is 1.47. The van der Waals surface area contributed by atoms with Gasteiger partial charge < -0.3 is 0 Å². The van der Waals surface area contributed by atoms with Gasteiger partial charge in [-0.15, -0.1) is 0 Å². The molecule has 0 N–H and O–H groups in total. The van der Waals surface area contributed by atoms with Gasteiger partial charge in [0.1, 0.15) is 0 Å². The molecule has 0 amide bonds. The van der Waals surface area contributed by atoms with Crippen molar-refractivity contribution in [1.29, 1.82) is 0 Å². The minimum atomic E-state index is 0.753. The van der Waals surface area contributed by atoms with E-state index in [1.807, 2.05) is 27.7 Å². The average Bonchev–Trinajstić information content (AvgIpc) is 2.67. The number of hydrogen-bond donors (Lipinski definition) is 0. The van der Waals surface area contributed by atoms with Gasteiger partial charge in [0.15, 0.2) is 0 Å². The van der Waals surface area contributed by atoms with Crippen LogP contribution in [0, 0.1) is 5.92 Å². The minimum Gasteiger partial charge on any atom is -0.0987 e. The third-order valence-electron chi connectivity index (χ3n) is 2.99. The molecule has 0 aromatic rings. The number of rotatable bonds is 2. The second kappa shape index (κ2) is 4.61. The summed E-state index contributed by atoms with van der Waals surface area (Å²) in [5.74, 6) is 0.929. The highest BCUT2D eigenvalue weighted by Gasteiger charge is 2.28. The Labute approximate surface area is 88.6 Å². The minimum absolute atomic E-state index is 0.753. The second-order valence-electron chi connectivity index (χ2n) is 3.83. The molecule has 2 rings (SSSR count). The topological polar surface area (TPSA) is 0 Å². The summed E-state index contributed by atoms with van der Waals surface area (Å²) in [6.45, 7) is 3.89. The fourth-order valence-electron chi connectivity index (χ4n) is 2.22. The van der Waals surface area contributed by atoms with Crippen molar-refractivity contribution in [3.8, 4) is 0 Å². The van der Waals surface area contributed by atoms with Crippen LogP contribution in [0.1, 0.15) is 32.1 Å². The molecule has 0 saturated heterocycles. The standard InChI is InChI=1S/C11H16S2/c1-2-9-8-12-13-11(9)10-6-4-3-5-7-10/h2,8,10-11H,1,3-7H2. The Kier molecular flexibility index (Phi) is 3.45. The van der Waals surface area contributed by atoms with Crippen molar-refractivity contribution in [3.63, 3.8) is 0 Å². The van der Waals surface area contributed by atoms with Crippen molar-refractivity contribution in [2.24, 2.45) is 5.92 Å². The molecule has 1 heterocycles. The first-order valence-corrected chi connectivity index (χ1v) is 7.34. The lowest BCUT2D eigenvalue weighted by Crippen LogP contribution is -2.19. The van der Waals surface area contributed by atoms with Crippen LogP contribution in [0.15, 0.2) is 23.6 Å². The van der Waals surface area contributed by atoms with E-state index in [9.17, 15) is 0 Å². The SMILES string of the molecule is C=CC1=CSSC1C1CCCCC1. The molecule has 72 valence electrons. The zero-order valence-corrected chi connectivity index (χ0v) is 9.50. The van der Waals surface area contributed by atoms with Gasteiger partial charge in [0, 0.05) is 5.25 Å². The van der Waals surface area contributed by atoms with Crippen LogP contribution < -0.4 is 0 Å². The molecule has 0 aromatic heterocycles. The van der Waals surface area contributed by atoms with Gasteiger partial charge in [-0.25, -0.2) is 0 Å². The second-order valence-corrected chi connectivity index (χ2v) is 6.12. The Morgan fingerprint density at radius 1 is 1.31 bits per heavy atom. The lowest BCUT2D eigenvalue weighted by Gasteiger charge is -2.27. The van der Waals surface area contributed by atoms with Gasteiger partial charge >= 0.3 is 0 Å². The van der Waals surface area contributed by atoms with Gasteiger partial charge in [-0.2, -0.15) is 0 Å². The molecule has 2 aliphatic rings. The molecule has 0 bridgehead atoms. The summed E-state index contributed by atoms with van der Waals surface area (Å²) in [7, 11) is 3.93. The lowest BCUT2D eigenvalue weighted by molar-refractivity contribution is 0.365. The first-order valence-electron chi connectivity index (χ1n) is 5.06. The molecule has 1 fully saturated rings. The Bertz CT molecular complexity index is 214. The normalized spacial score (nSPS) is 30.2. The third kappa shape index (κ3) is 2.16. The van der Waals surface area contributed by atoms with Gasteiger partial charge in [0.05, 0.1) is 0 Å². The molecule has 0 aromatic carbocycles. The van der Waals surface area contributed by atoms with Gasteiger partial charge in [-0.3, -0.25) is 0 Å². The molecule has 0 radical (unpaired) electrons. The molecule has 1 saturated carbocycles. The fraction of sp³-hybridized carbons (Fsp3) is 0.636. The lowest BCUT2D eigenvalue weighted by atomic mass is 9.84. The summed E-state index contributed by atoms with van der Waals surface area (Å²) < 4.78 is 0. The van der Waals surface area contributed by atoms with Gasteiger partial charge in [0.2, 0.25) is 0 Å². The highest BCUT2D eigenvalue weighted by Crippen LogP contribution is 2.47. The highest BCUT2D eigenvalue weighted by atomic mass is 33.1. The van der Waals surface area contributed by atoms with Crippen LogP contribution in [-0.4, -0.2) is 5.25 Å². The molecular formula is C11H16S2. The maximum atomic E-state index is 3.89. The zero-order chi connectivity index (χ0) is 9.10. The average molecular weight is 212 g/mol. The van der Waals surface area contributed by atoms with Crippen molar-refractivity contribution in [2.45, 2.75) is 37.4 Å². The number of allylic oxidation sites excluding steroid dienone is 1. The molecule has 13 heavy (non-hydrogen) atoms. The first-order chi connectivity index (χ1) is 6.42. The van der Waals surface area contributed by atoms with E-state index in [4.69, 9.17) is 0 Å². The maximum absolute atomic E-state index is 3.89. The van der Waals surface area contributed by atoms with E-state index in [0.29, 0.717) is 0 Å². The predicted molar refractivity (Wildman–Crippen MR) is 63.8 cm³/mol. The van der Waals surface area contributed by atoms with E-state index < -0.39 is 0 Å². The Morgan fingerprint density at radius 3 is 2.77 bits per heavy atom. The molecule has 0 nitrogen and oxygen atoms in total.